The normalized spacial score (nSPS) is 12.8. The molecule has 0 saturated heterocycles. The van der Waals surface area contributed by atoms with Crippen molar-refractivity contribution in [3.05, 3.63) is 97.2 Å². The van der Waals surface area contributed by atoms with Crippen LogP contribution in [0.25, 0.3) is 0 Å². The molecule has 0 rings (SSSR count). The van der Waals surface area contributed by atoms with Crippen LogP contribution in [0.4, 0.5) is 0 Å². The molecule has 0 aromatic heterocycles. The van der Waals surface area contributed by atoms with Crippen LogP contribution >= 0.6 is 0 Å². The predicted octanol–water partition coefficient (Wildman–Crippen LogP) is 18.5. The van der Waals surface area contributed by atoms with E-state index in [1.165, 1.54) is 103 Å². The molecule has 0 aliphatic heterocycles. The van der Waals surface area contributed by atoms with Crippen molar-refractivity contribution >= 4 is 17.9 Å². The number of esters is 3. The van der Waals surface area contributed by atoms with Crippen LogP contribution in [0.15, 0.2) is 97.2 Å². The highest BCUT2D eigenvalue weighted by Gasteiger charge is 2.19. The topological polar surface area (TPSA) is 78.9 Å². The Labute approximate surface area is 413 Å². The first kappa shape index (κ1) is 63.3. The number of hydrogen-bond acceptors (Lipinski definition) is 6. The van der Waals surface area contributed by atoms with E-state index in [2.05, 4.69) is 112 Å². The molecule has 0 N–H and O–H groups in total. The van der Waals surface area contributed by atoms with Gasteiger partial charge in [0, 0.05) is 19.3 Å². The van der Waals surface area contributed by atoms with Crippen LogP contribution in [-0.4, -0.2) is 37.2 Å². The number of carbonyl (C=O) groups excluding carboxylic acids is 3. The molecule has 67 heavy (non-hydrogen) atoms. The van der Waals surface area contributed by atoms with E-state index in [9.17, 15) is 14.4 Å². The lowest BCUT2D eigenvalue weighted by molar-refractivity contribution is -0.166. The number of carbonyl (C=O) groups is 3. The Balaban J connectivity index is 4.52. The van der Waals surface area contributed by atoms with E-state index in [0.29, 0.717) is 19.3 Å². The Morgan fingerprint density at radius 2 is 0.612 bits per heavy atom. The molecule has 0 fully saturated rings. The Morgan fingerprint density at radius 3 is 1.00 bits per heavy atom. The van der Waals surface area contributed by atoms with Crippen LogP contribution in [-0.2, 0) is 28.6 Å². The van der Waals surface area contributed by atoms with E-state index in [-0.39, 0.29) is 37.5 Å². The Kier molecular flexibility index (Phi) is 51.9. The summed E-state index contributed by atoms with van der Waals surface area (Å²) in [5.41, 5.74) is 0. The van der Waals surface area contributed by atoms with Crippen molar-refractivity contribution < 1.29 is 28.6 Å². The molecule has 0 unspecified atom stereocenters. The Hall–Kier alpha value is -3.67. The first-order chi connectivity index (χ1) is 33.0. The maximum absolute atomic E-state index is 12.8. The van der Waals surface area contributed by atoms with Crippen molar-refractivity contribution in [2.75, 3.05) is 13.2 Å². The van der Waals surface area contributed by atoms with Gasteiger partial charge in [-0.05, 0) is 109 Å². The van der Waals surface area contributed by atoms with Gasteiger partial charge < -0.3 is 14.2 Å². The van der Waals surface area contributed by atoms with Crippen molar-refractivity contribution in [2.24, 2.45) is 0 Å². The second kappa shape index (κ2) is 54.9. The second-order valence-electron chi connectivity index (χ2n) is 18.1. The third-order valence-corrected chi connectivity index (χ3v) is 11.6. The maximum Gasteiger partial charge on any atom is 0.306 e. The summed E-state index contributed by atoms with van der Waals surface area (Å²) in [5.74, 6) is -1.01. The van der Waals surface area contributed by atoms with Crippen LogP contribution in [0.3, 0.4) is 0 Å². The van der Waals surface area contributed by atoms with E-state index < -0.39 is 6.10 Å². The van der Waals surface area contributed by atoms with E-state index in [1.807, 2.05) is 6.08 Å². The van der Waals surface area contributed by atoms with Gasteiger partial charge in [0.25, 0.3) is 0 Å². The third-order valence-electron chi connectivity index (χ3n) is 11.6. The summed E-state index contributed by atoms with van der Waals surface area (Å²) in [4.78, 5) is 38.1. The highest BCUT2D eigenvalue weighted by molar-refractivity contribution is 5.71. The van der Waals surface area contributed by atoms with Gasteiger partial charge in [0.15, 0.2) is 6.10 Å². The van der Waals surface area contributed by atoms with Gasteiger partial charge in [-0.3, -0.25) is 14.4 Å². The molecule has 0 aliphatic carbocycles. The van der Waals surface area contributed by atoms with E-state index >= 15 is 0 Å². The fourth-order valence-electron chi connectivity index (χ4n) is 7.40. The average molecular weight is 931 g/mol. The van der Waals surface area contributed by atoms with Gasteiger partial charge in [0.1, 0.15) is 13.2 Å². The van der Waals surface area contributed by atoms with Crippen LogP contribution < -0.4 is 0 Å². The summed E-state index contributed by atoms with van der Waals surface area (Å²) >= 11 is 0. The van der Waals surface area contributed by atoms with Crippen molar-refractivity contribution in [1.29, 1.82) is 0 Å². The molecular formula is C61H102O6. The lowest BCUT2D eigenvalue weighted by Gasteiger charge is -2.18. The fourth-order valence-corrected chi connectivity index (χ4v) is 7.40. The molecule has 0 aromatic carbocycles. The molecule has 6 nitrogen and oxygen atoms in total. The van der Waals surface area contributed by atoms with Gasteiger partial charge in [-0.25, -0.2) is 0 Å². The second-order valence-corrected chi connectivity index (χ2v) is 18.1. The molecule has 0 aliphatic rings. The SMILES string of the molecule is CC/C=C\C/C=C\C/C=C\C/C=C\C/C=C\C/C=C\CCC(=O)OC[C@H](COC(=O)CCCCCCC/C=C\CCCCCCCC)OC(=O)CCCCCCC/C=C\CCCCCCCC. The number of hydrogen-bond donors (Lipinski definition) is 0. The van der Waals surface area contributed by atoms with Crippen LogP contribution in [0.2, 0.25) is 0 Å². The molecule has 1 atom stereocenters. The summed E-state index contributed by atoms with van der Waals surface area (Å²) in [6.07, 6.45) is 72.6. The summed E-state index contributed by atoms with van der Waals surface area (Å²) in [5, 5.41) is 0. The van der Waals surface area contributed by atoms with Crippen LogP contribution in [0.5, 0.6) is 0 Å². The standard InChI is InChI=1S/C61H102O6/c1-4-7-10-13-16-19-22-25-28-29-30-31-34-36-39-42-45-48-51-54-60(63)66-57-58(67-61(64)55-52-49-46-43-40-37-33-27-24-21-18-15-12-9-6-3)56-65-59(62)53-50-47-44-41-38-35-32-26-23-20-17-14-11-8-5-2/h7,10,16,19,25-28,30-33,36,39,45,48,58H,4-6,8-9,11-15,17-18,20-24,29,34-35,37-38,40-44,46-47,49-57H2,1-3H3/b10-7-,19-16-,28-25-,31-30-,32-26-,33-27-,39-36-,48-45-/t58-/m0/s1. The lowest BCUT2D eigenvalue weighted by atomic mass is 10.1. The molecule has 0 bridgehead atoms. The van der Waals surface area contributed by atoms with Crippen molar-refractivity contribution in [2.45, 2.75) is 258 Å². The quantitative estimate of drug-likeness (QED) is 0.0262. The number of ether oxygens (including phenoxy) is 3. The minimum Gasteiger partial charge on any atom is -0.462 e. The predicted molar refractivity (Wildman–Crippen MR) is 288 cm³/mol. The molecule has 382 valence electrons. The van der Waals surface area contributed by atoms with Gasteiger partial charge in [0.2, 0.25) is 0 Å². The molecular weight excluding hydrogens is 829 g/mol. The molecule has 0 heterocycles. The molecule has 0 spiro atoms. The van der Waals surface area contributed by atoms with E-state index in [4.69, 9.17) is 14.2 Å². The van der Waals surface area contributed by atoms with E-state index in [0.717, 1.165) is 103 Å². The van der Waals surface area contributed by atoms with Gasteiger partial charge in [-0.15, -0.1) is 0 Å². The zero-order chi connectivity index (χ0) is 48.6. The minimum atomic E-state index is -0.816. The van der Waals surface area contributed by atoms with Gasteiger partial charge in [0.05, 0.1) is 0 Å². The molecule has 0 amide bonds. The summed E-state index contributed by atoms with van der Waals surface area (Å²) < 4.78 is 16.8. The first-order valence-corrected chi connectivity index (χ1v) is 27.7. The highest BCUT2D eigenvalue weighted by atomic mass is 16.6. The Morgan fingerprint density at radius 1 is 0.313 bits per heavy atom. The van der Waals surface area contributed by atoms with Gasteiger partial charge >= 0.3 is 17.9 Å². The third kappa shape index (κ3) is 53.2. The van der Waals surface area contributed by atoms with E-state index in [1.54, 1.807) is 0 Å². The zero-order valence-electron chi connectivity index (χ0n) is 43.6. The molecule has 6 heteroatoms. The Bertz CT molecular complexity index is 1350. The van der Waals surface area contributed by atoms with Crippen molar-refractivity contribution in [1.82, 2.24) is 0 Å². The average Bonchev–Trinajstić information content (AvgIpc) is 3.33. The summed E-state index contributed by atoms with van der Waals surface area (Å²) in [7, 11) is 0. The van der Waals surface area contributed by atoms with Crippen LogP contribution in [0, 0.1) is 0 Å². The molecule has 0 radical (unpaired) electrons. The minimum absolute atomic E-state index is 0.109. The highest BCUT2D eigenvalue weighted by Crippen LogP contribution is 2.13. The van der Waals surface area contributed by atoms with Crippen molar-refractivity contribution in [3.8, 4) is 0 Å². The maximum atomic E-state index is 12.8. The number of unbranched alkanes of at least 4 members (excludes halogenated alkanes) is 22. The number of allylic oxidation sites excluding steroid dienone is 16. The zero-order valence-corrected chi connectivity index (χ0v) is 43.6. The van der Waals surface area contributed by atoms with Gasteiger partial charge in [-0.1, -0.05) is 221 Å². The molecule has 0 saturated carbocycles. The largest absolute Gasteiger partial charge is 0.462 e. The lowest BCUT2D eigenvalue weighted by Crippen LogP contribution is -2.30. The number of rotatable bonds is 49. The first-order valence-electron chi connectivity index (χ1n) is 27.7. The van der Waals surface area contributed by atoms with Crippen LogP contribution in [0.1, 0.15) is 252 Å². The van der Waals surface area contributed by atoms with Gasteiger partial charge in [-0.2, -0.15) is 0 Å². The van der Waals surface area contributed by atoms with Crippen molar-refractivity contribution in [3.63, 3.8) is 0 Å². The smallest absolute Gasteiger partial charge is 0.306 e. The summed E-state index contributed by atoms with van der Waals surface area (Å²) in [6.45, 7) is 6.44. The summed E-state index contributed by atoms with van der Waals surface area (Å²) in [6, 6.07) is 0. The molecule has 0 aromatic rings. The fraction of sp³-hybridized carbons (Fsp3) is 0.689. The monoisotopic (exact) mass is 931 g/mol.